The van der Waals surface area contributed by atoms with Crippen LogP contribution in [0.2, 0.25) is 0 Å². The maximum absolute atomic E-state index is 12.5. The van der Waals surface area contributed by atoms with Crippen molar-refractivity contribution < 1.29 is 33.3 Å². The van der Waals surface area contributed by atoms with Gasteiger partial charge in [-0.3, -0.25) is 4.79 Å². The standard InChI is InChI=1S/C22H27NO7S/c1-6-27-15-10-8-9-11-16(15)29-12-17(24)23-20-18(21(25)28-7-2)14(5)19(31-20)22(26)30-13(3)4/h8-11,13H,6-7,12H2,1-5H3,(H,23,24). The molecular formula is C22H27NO7S. The number of hydrogen-bond donors (Lipinski definition) is 1. The van der Waals surface area contributed by atoms with Gasteiger partial charge in [-0.2, -0.15) is 0 Å². The van der Waals surface area contributed by atoms with Gasteiger partial charge in [0, 0.05) is 0 Å². The lowest BCUT2D eigenvalue weighted by Gasteiger charge is -2.11. The number of hydrogen-bond acceptors (Lipinski definition) is 8. The summed E-state index contributed by atoms with van der Waals surface area (Å²) in [5.74, 6) is -0.741. The van der Waals surface area contributed by atoms with E-state index in [2.05, 4.69) is 5.32 Å². The zero-order chi connectivity index (χ0) is 23.0. The number of thiophene rings is 1. The summed E-state index contributed by atoms with van der Waals surface area (Å²) >= 11 is 0.964. The first kappa shape index (κ1) is 24.2. The van der Waals surface area contributed by atoms with E-state index in [4.69, 9.17) is 18.9 Å². The van der Waals surface area contributed by atoms with E-state index in [-0.39, 0.29) is 34.8 Å². The normalized spacial score (nSPS) is 10.5. The van der Waals surface area contributed by atoms with Crippen molar-refractivity contribution in [3.63, 3.8) is 0 Å². The van der Waals surface area contributed by atoms with Crippen molar-refractivity contribution in [3.05, 3.63) is 40.3 Å². The molecule has 0 unspecified atom stereocenters. The highest BCUT2D eigenvalue weighted by molar-refractivity contribution is 7.18. The molecule has 0 bridgehead atoms. The van der Waals surface area contributed by atoms with Crippen LogP contribution >= 0.6 is 11.3 Å². The van der Waals surface area contributed by atoms with Crippen molar-refractivity contribution in [2.24, 2.45) is 0 Å². The summed E-state index contributed by atoms with van der Waals surface area (Å²) in [4.78, 5) is 37.6. The van der Waals surface area contributed by atoms with E-state index < -0.39 is 17.8 Å². The quantitative estimate of drug-likeness (QED) is 0.542. The van der Waals surface area contributed by atoms with Gasteiger partial charge in [0.15, 0.2) is 18.1 Å². The number of nitrogens with one attached hydrogen (secondary N) is 1. The van der Waals surface area contributed by atoms with E-state index in [1.54, 1.807) is 52.0 Å². The molecule has 1 amide bonds. The third-order valence-corrected chi connectivity index (χ3v) is 5.10. The maximum Gasteiger partial charge on any atom is 0.348 e. The summed E-state index contributed by atoms with van der Waals surface area (Å²) in [6.07, 6.45) is -0.322. The highest BCUT2D eigenvalue weighted by Crippen LogP contribution is 2.34. The molecule has 1 aromatic heterocycles. The fourth-order valence-corrected chi connectivity index (χ4v) is 3.76. The van der Waals surface area contributed by atoms with Gasteiger partial charge < -0.3 is 24.3 Å². The second-order valence-corrected chi connectivity index (χ2v) is 7.67. The first-order valence-corrected chi connectivity index (χ1v) is 10.8. The zero-order valence-corrected chi connectivity index (χ0v) is 19.1. The molecule has 9 heteroatoms. The van der Waals surface area contributed by atoms with Gasteiger partial charge in [0.1, 0.15) is 9.88 Å². The highest BCUT2D eigenvalue weighted by Gasteiger charge is 2.28. The predicted molar refractivity (Wildman–Crippen MR) is 117 cm³/mol. The number of benzene rings is 1. The van der Waals surface area contributed by atoms with Crippen molar-refractivity contribution in [3.8, 4) is 11.5 Å². The minimum atomic E-state index is -0.627. The van der Waals surface area contributed by atoms with E-state index in [1.807, 2.05) is 6.92 Å². The molecule has 0 atom stereocenters. The van der Waals surface area contributed by atoms with Gasteiger partial charge in [0.05, 0.1) is 24.9 Å². The molecule has 1 aromatic carbocycles. The van der Waals surface area contributed by atoms with Crippen LogP contribution in [0.3, 0.4) is 0 Å². The van der Waals surface area contributed by atoms with Crippen molar-refractivity contribution in [1.29, 1.82) is 0 Å². The smallest absolute Gasteiger partial charge is 0.348 e. The molecule has 0 aliphatic heterocycles. The molecule has 0 saturated carbocycles. The summed E-state index contributed by atoms with van der Waals surface area (Å²) in [6, 6.07) is 7.00. The minimum absolute atomic E-state index is 0.130. The lowest BCUT2D eigenvalue weighted by molar-refractivity contribution is -0.118. The number of amides is 1. The lowest BCUT2D eigenvalue weighted by Crippen LogP contribution is -2.21. The summed E-state index contributed by atoms with van der Waals surface area (Å²) < 4.78 is 21.4. The van der Waals surface area contributed by atoms with Crippen LogP contribution in [-0.4, -0.2) is 43.8 Å². The van der Waals surface area contributed by atoms with Crippen LogP contribution in [0.4, 0.5) is 5.00 Å². The van der Waals surface area contributed by atoms with E-state index >= 15 is 0 Å². The fourth-order valence-electron chi connectivity index (χ4n) is 2.66. The monoisotopic (exact) mass is 449 g/mol. The van der Waals surface area contributed by atoms with Gasteiger partial charge in [-0.15, -0.1) is 11.3 Å². The number of para-hydroxylation sites is 2. The molecular weight excluding hydrogens is 422 g/mol. The lowest BCUT2D eigenvalue weighted by atomic mass is 10.1. The second-order valence-electron chi connectivity index (χ2n) is 6.65. The molecule has 1 heterocycles. The number of anilines is 1. The average molecular weight is 450 g/mol. The Morgan fingerprint density at radius 2 is 1.65 bits per heavy atom. The number of carbonyl (C=O) groups excluding carboxylic acids is 3. The predicted octanol–water partition coefficient (Wildman–Crippen LogP) is 4.21. The molecule has 8 nitrogen and oxygen atoms in total. The minimum Gasteiger partial charge on any atom is -0.490 e. The van der Waals surface area contributed by atoms with Crippen LogP contribution in [0.5, 0.6) is 11.5 Å². The zero-order valence-electron chi connectivity index (χ0n) is 18.3. The van der Waals surface area contributed by atoms with Gasteiger partial charge in [-0.25, -0.2) is 9.59 Å². The maximum atomic E-state index is 12.5. The molecule has 2 rings (SSSR count). The molecule has 0 fully saturated rings. The first-order chi connectivity index (χ1) is 14.8. The molecule has 1 N–H and O–H groups in total. The number of carbonyl (C=O) groups is 3. The van der Waals surface area contributed by atoms with Crippen LogP contribution in [0.15, 0.2) is 24.3 Å². The molecule has 0 aliphatic carbocycles. The largest absolute Gasteiger partial charge is 0.490 e. The summed E-state index contributed by atoms with van der Waals surface area (Å²) in [7, 11) is 0. The van der Waals surface area contributed by atoms with E-state index in [1.165, 1.54) is 0 Å². The van der Waals surface area contributed by atoms with Crippen molar-refractivity contribution in [2.75, 3.05) is 25.1 Å². The van der Waals surface area contributed by atoms with Crippen LogP contribution in [0, 0.1) is 6.92 Å². The summed E-state index contributed by atoms with van der Waals surface area (Å²) in [6.45, 7) is 8.90. The Bertz CT molecular complexity index is 936. The topological polar surface area (TPSA) is 100 Å². The van der Waals surface area contributed by atoms with Crippen LogP contribution in [-0.2, 0) is 14.3 Å². The molecule has 0 saturated heterocycles. The third-order valence-electron chi connectivity index (χ3n) is 3.92. The SMILES string of the molecule is CCOC(=O)c1c(NC(=O)COc2ccccc2OCC)sc(C(=O)OC(C)C)c1C. The van der Waals surface area contributed by atoms with Crippen LogP contribution in [0.1, 0.15) is 53.3 Å². The van der Waals surface area contributed by atoms with Crippen molar-refractivity contribution in [1.82, 2.24) is 0 Å². The van der Waals surface area contributed by atoms with Gasteiger partial charge in [-0.05, 0) is 52.3 Å². The molecule has 0 radical (unpaired) electrons. The summed E-state index contributed by atoms with van der Waals surface area (Å²) in [5.41, 5.74) is 0.526. The molecule has 31 heavy (non-hydrogen) atoms. The Morgan fingerprint density at radius 3 is 2.23 bits per heavy atom. The number of esters is 2. The van der Waals surface area contributed by atoms with Gasteiger partial charge in [-0.1, -0.05) is 12.1 Å². The number of ether oxygens (including phenoxy) is 4. The van der Waals surface area contributed by atoms with E-state index in [0.29, 0.717) is 23.7 Å². The third kappa shape index (κ3) is 6.45. The Hall–Kier alpha value is -3.07. The molecule has 0 spiro atoms. The average Bonchev–Trinajstić information content (AvgIpc) is 3.03. The van der Waals surface area contributed by atoms with E-state index in [0.717, 1.165) is 11.3 Å². The van der Waals surface area contributed by atoms with Gasteiger partial charge in [0.2, 0.25) is 0 Å². The van der Waals surface area contributed by atoms with Crippen LogP contribution in [0.25, 0.3) is 0 Å². The Morgan fingerprint density at radius 1 is 1.00 bits per heavy atom. The fraction of sp³-hybridized carbons (Fsp3) is 0.409. The first-order valence-electron chi connectivity index (χ1n) is 9.94. The Balaban J connectivity index is 2.21. The Kier molecular flexibility index (Phi) is 8.87. The van der Waals surface area contributed by atoms with E-state index in [9.17, 15) is 14.4 Å². The van der Waals surface area contributed by atoms with Gasteiger partial charge in [0.25, 0.3) is 5.91 Å². The number of rotatable bonds is 10. The molecule has 2 aromatic rings. The molecule has 168 valence electrons. The highest BCUT2D eigenvalue weighted by atomic mass is 32.1. The second kappa shape index (κ2) is 11.4. The Labute approximate surface area is 185 Å². The van der Waals surface area contributed by atoms with Crippen LogP contribution < -0.4 is 14.8 Å². The van der Waals surface area contributed by atoms with Gasteiger partial charge >= 0.3 is 11.9 Å². The summed E-state index contributed by atoms with van der Waals surface area (Å²) in [5, 5.41) is 2.85. The molecule has 0 aliphatic rings. The van der Waals surface area contributed by atoms with Crippen molar-refractivity contribution >= 4 is 34.2 Å². The van der Waals surface area contributed by atoms with Crippen molar-refractivity contribution in [2.45, 2.75) is 40.7 Å².